The van der Waals surface area contributed by atoms with Crippen molar-refractivity contribution >= 4 is 58.3 Å². The maximum atomic E-state index is 2.57. The summed E-state index contributed by atoms with van der Waals surface area (Å²) in [6, 6.07) is 18.3. The van der Waals surface area contributed by atoms with Crippen LogP contribution in [0, 0.1) is 0 Å². The van der Waals surface area contributed by atoms with E-state index >= 15 is 0 Å². The first-order valence-corrected chi connectivity index (χ1v) is 15.1. The first-order chi connectivity index (χ1) is 10.9. The standard InChI is InChI=1S/C20H20SSi2/c1-22(2)16-12-8-6-10-14(16)19-20(22)17-18(23(19,3)4)13-9-5-7-11-15(13)21-17/h5-12H,1-4H3. The Morgan fingerprint density at radius 2 is 1.43 bits per heavy atom. The van der Waals surface area contributed by atoms with E-state index in [2.05, 4.69) is 74.7 Å². The molecule has 0 atom stereocenters. The summed E-state index contributed by atoms with van der Waals surface area (Å²) in [6.07, 6.45) is 0. The smallest absolute Gasteiger partial charge is 0.115 e. The fourth-order valence-corrected chi connectivity index (χ4v) is 16.6. The Balaban J connectivity index is 1.93. The minimum atomic E-state index is -1.62. The SMILES string of the molecule is C[Si]1(C)C2=C(c3ccccc31)[Si](C)(C)c1c2sc2ccccc12. The van der Waals surface area contributed by atoms with E-state index in [1.807, 2.05) is 11.3 Å². The Morgan fingerprint density at radius 1 is 0.739 bits per heavy atom. The molecule has 5 rings (SSSR count). The number of benzene rings is 2. The second-order valence-electron chi connectivity index (χ2n) is 7.85. The van der Waals surface area contributed by atoms with Gasteiger partial charge in [-0.1, -0.05) is 68.7 Å². The molecule has 0 unspecified atom stereocenters. The lowest BCUT2D eigenvalue weighted by molar-refractivity contribution is 1.68. The van der Waals surface area contributed by atoms with Crippen molar-refractivity contribution < 1.29 is 0 Å². The van der Waals surface area contributed by atoms with Crippen molar-refractivity contribution in [3.05, 3.63) is 59.0 Å². The summed E-state index contributed by atoms with van der Waals surface area (Å²) in [6.45, 7) is 10.2. The summed E-state index contributed by atoms with van der Waals surface area (Å²) in [4.78, 5) is 1.64. The number of rotatable bonds is 0. The molecule has 0 aliphatic carbocycles. The molecule has 2 aliphatic heterocycles. The van der Waals surface area contributed by atoms with E-state index in [0.29, 0.717) is 0 Å². The molecule has 1 aromatic heterocycles. The molecule has 3 heterocycles. The Hall–Kier alpha value is -1.43. The van der Waals surface area contributed by atoms with Crippen molar-refractivity contribution in [2.75, 3.05) is 0 Å². The largest absolute Gasteiger partial charge is 0.136 e. The molecule has 23 heavy (non-hydrogen) atoms. The van der Waals surface area contributed by atoms with Crippen LogP contribution in [0.1, 0.15) is 10.4 Å². The summed E-state index contributed by atoms with van der Waals surface area (Å²) < 4.78 is 1.48. The van der Waals surface area contributed by atoms with Gasteiger partial charge in [-0.05, 0) is 37.8 Å². The molecule has 0 bridgehead atoms. The van der Waals surface area contributed by atoms with Gasteiger partial charge in [0, 0.05) is 9.58 Å². The van der Waals surface area contributed by atoms with E-state index in [4.69, 9.17) is 0 Å². The summed E-state index contributed by atoms with van der Waals surface area (Å²) in [5, 5.41) is 8.44. The molecule has 0 fully saturated rings. The van der Waals surface area contributed by atoms with Gasteiger partial charge in [-0.25, -0.2) is 0 Å². The van der Waals surface area contributed by atoms with E-state index in [0.717, 1.165) is 0 Å². The van der Waals surface area contributed by atoms with Gasteiger partial charge in [-0.3, -0.25) is 0 Å². The summed E-state index contributed by atoms with van der Waals surface area (Å²) in [7, 11) is -3.19. The molecule has 0 N–H and O–H groups in total. The summed E-state index contributed by atoms with van der Waals surface area (Å²) >= 11 is 2.05. The second kappa shape index (κ2) is 4.15. The minimum Gasteiger partial charge on any atom is -0.136 e. The molecule has 2 aliphatic rings. The van der Waals surface area contributed by atoms with Crippen molar-refractivity contribution in [3.8, 4) is 0 Å². The Bertz CT molecular complexity index is 1020. The van der Waals surface area contributed by atoms with Gasteiger partial charge in [-0.2, -0.15) is 0 Å². The van der Waals surface area contributed by atoms with Crippen molar-refractivity contribution in [2.45, 2.75) is 26.2 Å². The summed E-state index contributed by atoms with van der Waals surface area (Å²) in [5.74, 6) is 0. The predicted octanol–water partition coefficient (Wildman–Crippen LogP) is 4.75. The van der Waals surface area contributed by atoms with Crippen LogP contribution in [0.5, 0.6) is 0 Å². The van der Waals surface area contributed by atoms with Crippen LogP contribution in [0.3, 0.4) is 0 Å². The zero-order valence-corrected chi connectivity index (χ0v) is 16.8. The molecular formula is C20H20SSi2. The van der Waals surface area contributed by atoms with Crippen LogP contribution in [0.25, 0.3) is 20.5 Å². The molecule has 0 nitrogen and oxygen atoms in total. The molecular weight excluding hydrogens is 328 g/mol. The fourth-order valence-electron chi connectivity index (χ4n) is 4.84. The van der Waals surface area contributed by atoms with Gasteiger partial charge >= 0.3 is 0 Å². The number of thiophene rings is 1. The molecule has 2 aromatic carbocycles. The van der Waals surface area contributed by atoms with Crippen LogP contribution in [0.4, 0.5) is 0 Å². The fraction of sp³-hybridized carbons (Fsp3) is 0.200. The monoisotopic (exact) mass is 348 g/mol. The van der Waals surface area contributed by atoms with E-state index in [1.54, 1.807) is 31.2 Å². The molecule has 3 aromatic rings. The van der Waals surface area contributed by atoms with Crippen molar-refractivity contribution in [1.82, 2.24) is 0 Å². The number of fused-ring (bicyclic) bond motifs is 6. The molecule has 0 spiro atoms. The van der Waals surface area contributed by atoms with Crippen LogP contribution in [-0.2, 0) is 0 Å². The molecule has 0 saturated heterocycles. The van der Waals surface area contributed by atoms with E-state index in [9.17, 15) is 0 Å². The zero-order valence-electron chi connectivity index (χ0n) is 14.0. The van der Waals surface area contributed by atoms with Crippen LogP contribution >= 0.6 is 11.3 Å². The highest BCUT2D eigenvalue weighted by Gasteiger charge is 2.52. The van der Waals surface area contributed by atoms with Crippen LogP contribution in [-0.4, -0.2) is 16.1 Å². The third kappa shape index (κ3) is 1.51. The average Bonchev–Trinajstić information content (AvgIpc) is 3.08. The Morgan fingerprint density at radius 3 is 2.26 bits per heavy atom. The van der Waals surface area contributed by atoms with Gasteiger partial charge in [0.2, 0.25) is 0 Å². The maximum Gasteiger partial charge on any atom is 0.115 e. The molecule has 0 saturated carbocycles. The highest BCUT2D eigenvalue weighted by Crippen LogP contribution is 2.51. The van der Waals surface area contributed by atoms with Crippen molar-refractivity contribution in [1.29, 1.82) is 0 Å². The van der Waals surface area contributed by atoms with Crippen LogP contribution in [0.2, 0.25) is 26.2 Å². The predicted molar refractivity (Wildman–Crippen MR) is 109 cm³/mol. The van der Waals surface area contributed by atoms with E-state index in [-0.39, 0.29) is 0 Å². The topological polar surface area (TPSA) is 0 Å². The maximum absolute atomic E-state index is 2.57. The first kappa shape index (κ1) is 14.0. The van der Waals surface area contributed by atoms with Crippen LogP contribution in [0.15, 0.2) is 48.5 Å². The molecule has 114 valence electrons. The van der Waals surface area contributed by atoms with Gasteiger partial charge in [0.05, 0.1) is 0 Å². The average molecular weight is 349 g/mol. The molecule has 3 heteroatoms. The van der Waals surface area contributed by atoms with Gasteiger partial charge in [0.1, 0.15) is 16.1 Å². The zero-order chi connectivity index (χ0) is 16.0. The highest BCUT2D eigenvalue weighted by atomic mass is 32.1. The number of hydrogen-bond donors (Lipinski definition) is 0. The van der Waals surface area contributed by atoms with E-state index in [1.165, 1.54) is 10.1 Å². The lowest BCUT2D eigenvalue weighted by atomic mass is 10.2. The lowest BCUT2D eigenvalue weighted by Crippen LogP contribution is -2.44. The first-order valence-electron chi connectivity index (χ1n) is 8.31. The second-order valence-corrected chi connectivity index (χ2v) is 17.4. The number of hydrogen-bond acceptors (Lipinski definition) is 1. The van der Waals surface area contributed by atoms with E-state index < -0.39 is 16.1 Å². The highest BCUT2D eigenvalue weighted by molar-refractivity contribution is 7.31. The van der Waals surface area contributed by atoms with Gasteiger partial charge < -0.3 is 0 Å². The third-order valence-corrected chi connectivity index (χ3v) is 14.7. The van der Waals surface area contributed by atoms with Gasteiger partial charge in [-0.15, -0.1) is 11.3 Å². The summed E-state index contributed by atoms with van der Waals surface area (Å²) in [5.41, 5.74) is 1.59. The molecule has 0 radical (unpaired) electrons. The van der Waals surface area contributed by atoms with Crippen molar-refractivity contribution in [3.63, 3.8) is 0 Å². The lowest BCUT2D eigenvalue weighted by Gasteiger charge is -2.24. The minimum absolute atomic E-state index is 1.48. The third-order valence-electron chi connectivity index (χ3n) is 5.82. The van der Waals surface area contributed by atoms with Gasteiger partial charge in [0.25, 0.3) is 0 Å². The Kier molecular flexibility index (Phi) is 2.52. The molecule has 0 amide bonds. The normalized spacial score (nSPS) is 19.8. The Labute approximate surface area is 143 Å². The van der Waals surface area contributed by atoms with Crippen LogP contribution < -0.4 is 10.4 Å². The quantitative estimate of drug-likeness (QED) is 0.514. The van der Waals surface area contributed by atoms with Crippen molar-refractivity contribution in [2.24, 2.45) is 0 Å². The van der Waals surface area contributed by atoms with Gasteiger partial charge in [0.15, 0.2) is 0 Å².